The van der Waals surface area contributed by atoms with Crippen molar-refractivity contribution in [3.05, 3.63) is 77.2 Å². The fourth-order valence-electron chi connectivity index (χ4n) is 3.50. The Labute approximate surface area is 205 Å². The summed E-state index contributed by atoms with van der Waals surface area (Å²) in [6.45, 7) is 1.19. The number of aryl methyl sites for hydroxylation is 1. The lowest BCUT2D eigenvalue weighted by atomic mass is 10.1. The minimum absolute atomic E-state index is 0.0228. The van der Waals surface area contributed by atoms with Gasteiger partial charge in [-0.15, -0.1) is 0 Å². The molecule has 2 aromatic heterocycles. The Morgan fingerprint density at radius 3 is 2.49 bits per heavy atom. The monoisotopic (exact) mass is 513 g/mol. The number of aromatic nitrogens is 2. The number of ether oxygens (including phenoxy) is 1. The van der Waals surface area contributed by atoms with Crippen LogP contribution in [0.25, 0.3) is 21.3 Å². The number of sulfone groups is 1. The molecule has 0 radical (unpaired) electrons. The van der Waals surface area contributed by atoms with E-state index >= 15 is 0 Å². The molecule has 0 spiro atoms. The highest BCUT2D eigenvalue weighted by atomic mass is 32.2. The molecule has 2 N–H and O–H groups in total. The first-order valence-corrected chi connectivity index (χ1v) is 13.3. The molecule has 11 heteroatoms. The molecule has 4 aromatic rings. The standard InChI is InChI=1S/C24H23N3O6S2/c1-24(22(29)26-30,35(2,31)32)12-14-27-13-11-17(15-21(27)28)16-7-9-18(10-8-16)33-23-25-19-5-3-4-6-20(19)34-23/h3-11,13,15,30H,12,14H2,1-2H3,(H,26,29)/t24-/m1/s1. The summed E-state index contributed by atoms with van der Waals surface area (Å²) in [5.74, 6) is -0.429. The lowest BCUT2D eigenvalue weighted by Crippen LogP contribution is -2.49. The van der Waals surface area contributed by atoms with Crippen LogP contribution in [0.5, 0.6) is 10.9 Å². The molecule has 0 aliphatic heterocycles. The molecule has 0 unspecified atom stereocenters. The summed E-state index contributed by atoms with van der Waals surface area (Å²) in [7, 11) is -3.85. The van der Waals surface area contributed by atoms with Crippen LogP contribution in [0.4, 0.5) is 0 Å². The Morgan fingerprint density at radius 1 is 1.14 bits per heavy atom. The Balaban J connectivity index is 1.48. The topological polar surface area (TPSA) is 128 Å². The average Bonchev–Trinajstić information content (AvgIpc) is 3.24. The summed E-state index contributed by atoms with van der Waals surface area (Å²) in [4.78, 5) is 29.1. The molecule has 0 saturated carbocycles. The zero-order valence-electron chi connectivity index (χ0n) is 19.0. The maximum atomic E-state index is 12.6. The number of hydrogen-bond donors (Lipinski definition) is 2. The van der Waals surface area contributed by atoms with E-state index in [1.54, 1.807) is 24.4 Å². The highest BCUT2D eigenvalue weighted by Crippen LogP contribution is 2.32. The van der Waals surface area contributed by atoms with Gasteiger partial charge in [-0.3, -0.25) is 14.8 Å². The first kappa shape index (κ1) is 24.6. The summed E-state index contributed by atoms with van der Waals surface area (Å²) in [6.07, 6.45) is 2.27. The van der Waals surface area contributed by atoms with Gasteiger partial charge in [0.05, 0.1) is 10.2 Å². The van der Waals surface area contributed by atoms with Crippen molar-refractivity contribution >= 4 is 37.3 Å². The zero-order valence-corrected chi connectivity index (χ0v) is 20.6. The van der Waals surface area contributed by atoms with Crippen LogP contribution in [0.15, 0.2) is 71.7 Å². The number of fused-ring (bicyclic) bond motifs is 1. The van der Waals surface area contributed by atoms with E-state index in [2.05, 4.69) is 4.98 Å². The zero-order chi connectivity index (χ0) is 25.2. The molecule has 1 amide bonds. The number of carbonyl (C=O) groups is 1. The number of pyridine rings is 1. The normalized spacial score (nSPS) is 13.3. The van der Waals surface area contributed by atoms with Crippen LogP contribution < -0.4 is 15.8 Å². The van der Waals surface area contributed by atoms with E-state index in [0.29, 0.717) is 16.5 Å². The Hall–Kier alpha value is -3.54. The van der Waals surface area contributed by atoms with Crippen molar-refractivity contribution in [2.24, 2.45) is 0 Å². The van der Waals surface area contributed by atoms with Gasteiger partial charge in [0.1, 0.15) is 5.75 Å². The summed E-state index contributed by atoms with van der Waals surface area (Å²) >= 11 is 1.45. The second kappa shape index (κ2) is 9.61. The van der Waals surface area contributed by atoms with Gasteiger partial charge in [-0.2, -0.15) is 0 Å². The van der Waals surface area contributed by atoms with Gasteiger partial charge in [0, 0.05) is 25.1 Å². The summed E-state index contributed by atoms with van der Waals surface area (Å²) in [6, 6.07) is 18.2. The number of para-hydroxylation sites is 1. The summed E-state index contributed by atoms with van der Waals surface area (Å²) < 4.78 is 30.6. The molecular formula is C24H23N3O6S2. The number of thiazole rings is 1. The number of hydroxylamine groups is 1. The van der Waals surface area contributed by atoms with Gasteiger partial charge >= 0.3 is 0 Å². The third-order valence-corrected chi connectivity index (χ3v) is 8.83. The van der Waals surface area contributed by atoms with Crippen molar-refractivity contribution in [1.29, 1.82) is 0 Å². The predicted molar refractivity (Wildman–Crippen MR) is 134 cm³/mol. The predicted octanol–water partition coefficient (Wildman–Crippen LogP) is 3.62. The van der Waals surface area contributed by atoms with Gasteiger partial charge < -0.3 is 9.30 Å². The van der Waals surface area contributed by atoms with Crippen LogP contribution in [0.3, 0.4) is 0 Å². The second-order valence-corrected chi connectivity index (χ2v) is 11.7. The SMILES string of the molecule is C[C@@](CCn1ccc(-c2ccc(Oc3nc4ccccc4s3)cc2)cc1=O)(C(=O)NO)S(C)(=O)=O. The van der Waals surface area contributed by atoms with Crippen molar-refractivity contribution in [2.75, 3.05) is 6.26 Å². The van der Waals surface area contributed by atoms with E-state index in [-0.39, 0.29) is 18.5 Å². The Bertz CT molecular complexity index is 1510. The lowest BCUT2D eigenvalue weighted by Gasteiger charge is -2.25. The molecule has 1 atom stereocenters. The molecule has 2 aromatic carbocycles. The number of rotatable bonds is 8. The quantitative estimate of drug-likeness (QED) is 0.272. The first-order chi connectivity index (χ1) is 16.6. The third-order valence-electron chi connectivity index (χ3n) is 5.89. The van der Waals surface area contributed by atoms with E-state index in [0.717, 1.165) is 22.0 Å². The third kappa shape index (κ3) is 5.11. The smallest absolute Gasteiger partial charge is 0.279 e. The van der Waals surface area contributed by atoms with Crippen LogP contribution in [0, 0.1) is 0 Å². The van der Waals surface area contributed by atoms with Crippen molar-refractivity contribution in [3.8, 4) is 22.1 Å². The fraction of sp³-hybridized carbons (Fsp3) is 0.208. The molecule has 182 valence electrons. The number of benzene rings is 2. The summed E-state index contributed by atoms with van der Waals surface area (Å²) in [5.41, 5.74) is 3.40. The molecule has 35 heavy (non-hydrogen) atoms. The van der Waals surface area contributed by atoms with Gasteiger partial charge in [0.2, 0.25) is 0 Å². The minimum atomic E-state index is -3.85. The molecule has 0 saturated heterocycles. The van der Waals surface area contributed by atoms with E-state index < -0.39 is 20.5 Å². The van der Waals surface area contributed by atoms with E-state index in [9.17, 15) is 18.0 Å². The maximum Gasteiger partial charge on any atom is 0.279 e. The van der Waals surface area contributed by atoms with Crippen LogP contribution in [0.1, 0.15) is 13.3 Å². The van der Waals surface area contributed by atoms with Gasteiger partial charge in [0.25, 0.3) is 16.7 Å². The van der Waals surface area contributed by atoms with Crippen molar-refractivity contribution in [2.45, 2.75) is 24.6 Å². The number of carbonyl (C=O) groups excluding carboxylic acids is 1. The number of hydrogen-bond acceptors (Lipinski definition) is 8. The van der Waals surface area contributed by atoms with Crippen LogP contribution in [-0.2, 0) is 21.2 Å². The van der Waals surface area contributed by atoms with Crippen LogP contribution in [0.2, 0.25) is 0 Å². The largest absolute Gasteiger partial charge is 0.431 e. The molecular weight excluding hydrogens is 490 g/mol. The Kier molecular flexibility index (Phi) is 6.75. The first-order valence-electron chi connectivity index (χ1n) is 10.6. The molecule has 9 nitrogen and oxygen atoms in total. The molecule has 0 fully saturated rings. The maximum absolute atomic E-state index is 12.6. The van der Waals surface area contributed by atoms with Crippen molar-refractivity contribution < 1.29 is 23.2 Å². The molecule has 0 bridgehead atoms. The molecule has 0 aliphatic rings. The van der Waals surface area contributed by atoms with Gasteiger partial charge in [0.15, 0.2) is 14.6 Å². The van der Waals surface area contributed by atoms with Gasteiger partial charge in [-0.05, 0) is 54.8 Å². The second-order valence-electron chi connectivity index (χ2n) is 8.21. The fourth-order valence-corrected chi connectivity index (χ4v) is 5.18. The van der Waals surface area contributed by atoms with Crippen molar-refractivity contribution in [3.63, 3.8) is 0 Å². The average molecular weight is 514 g/mol. The molecule has 4 rings (SSSR count). The van der Waals surface area contributed by atoms with Gasteiger partial charge in [-0.1, -0.05) is 35.6 Å². The lowest BCUT2D eigenvalue weighted by molar-refractivity contribution is -0.131. The van der Waals surface area contributed by atoms with E-state index in [1.165, 1.54) is 34.4 Å². The summed E-state index contributed by atoms with van der Waals surface area (Å²) in [5, 5.41) is 9.48. The highest BCUT2D eigenvalue weighted by molar-refractivity contribution is 7.92. The van der Waals surface area contributed by atoms with E-state index in [1.807, 2.05) is 36.4 Å². The molecule has 2 heterocycles. The number of nitrogens with one attached hydrogen (secondary N) is 1. The van der Waals surface area contributed by atoms with Crippen LogP contribution >= 0.6 is 11.3 Å². The minimum Gasteiger partial charge on any atom is -0.431 e. The molecule has 0 aliphatic carbocycles. The number of amides is 1. The highest BCUT2D eigenvalue weighted by Gasteiger charge is 2.43. The van der Waals surface area contributed by atoms with Gasteiger partial charge in [-0.25, -0.2) is 18.9 Å². The van der Waals surface area contributed by atoms with E-state index in [4.69, 9.17) is 9.94 Å². The number of nitrogens with zero attached hydrogens (tertiary/aromatic N) is 2. The van der Waals surface area contributed by atoms with Crippen LogP contribution in [-0.4, -0.2) is 40.1 Å². The Morgan fingerprint density at radius 2 is 1.86 bits per heavy atom. The van der Waals surface area contributed by atoms with Crippen molar-refractivity contribution in [1.82, 2.24) is 15.0 Å².